The van der Waals surface area contributed by atoms with E-state index >= 15 is 0 Å². The minimum Gasteiger partial charge on any atom is -0.318 e. The van der Waals surface area contributed by atoms with Crippen molar-refractivity contribution < 1.29 is 0 Å². The van der Waals surface area contributed by atoms with Crippen LogP contribution in [0.4, 0.5) is 0 Å². The minimum absolute atomic E-state index is 0.551. The molecule has 2 heterocycles. The summed E-state index contributed by atoms with van der Waals surface area (Å²) in [6, 6.07) is 13.5. The Hall–Kier alpha value is -1.71. The van der Waals surface area contributed by atoms with Crippen molar-refractivity contribution in [1.29, 1.82) is 0 Å². The van der Waals surface area contributed by atoms with Crippen LogP contribution in [0.5, 0.6) is 0 Å². The SMILES string of the molecule is CNCC1Cc2ccccc2CN1Cc1cccnc1. The van der Waals surface area contributed by atoms with Gasteiger partial charge in [-0.15, -0.1) is 0 Å². The second kappa shape index (κ2) is 6.16. The second-order valence-corrected chi connectivity index (χ2v) is 5.45. The Morgan fingerprint density at radius 2 is 2.05 bits per heavy atom. The number of nitrogens with one attached hydrogen (secondary N) is 1. The molecule has 1 aliphatic heterocycles. The summed E-state index contributed by atoms with van der Waals surface area (Å²) in [7, 11) is 2.03. The molecular weight excluding hydrogens is 246 g/mol. The summed E-state index contributed by atoms with van der Waals surface area (Å²) in [4.78, 5) is 6.77. The zero-order valence-electron chi connectivity index (χ0n) is 11.9. The van der Waals surface area contributed by atoms with Crippen LogP contribution in [0.25, 0.3) is 0 Å². The highest BCUT2D eigenvalue weighted by Crippen LogP contribution is 2.24. The van der Waals surface area contributed by atoms with E-state index in [2.05, 4.69) is 45.5 Å². The summed E-state index contributed by atoms with van der Waals surface area (Å²) in [6.07, 6.45) is 4.92. The highest BCUT2D eigenvalue weighted by Gasteiger charge is 2.25. The average molecular weight is 267 g/mol. The van der Waals surface area contributed by atoms with Crippen molar-refractivity contribution in [2.45, 2.75) is 25.6 Å². The number of fused-ring (bicyclic) bond motifs is 1. The maximum atomic E-state index is 4.22. The Labute approximate surface area is 120 Å². The molecule has 1 aliphatic rings. The van der Waals surface area contributed by atoms with Gasteiger partial charge in [-0.3, -0.25) is 9.88 Å². The van der Waals surface area contributed by atoms with E-state index in [-0.39, 0.29) is 0 Å². The topological polar surface area (TPSA) is 28.2 Å². The van der Waals surface area contributed by atoms with Gasteiger partial charge in [0.1, 0.15) is 0 Å². The van der Waals surface area contributed by atoms with Crippen molar-refractivity contribution in [2.75, 3.05) is 13.6 Å². The summed E-state index contributed by atoms with van der Waals surface area (Å²) >= 11 is 0. The van der Waals surface area contributed by atoms with Gasteiger partial charge in [-0.05, 0) is 36.2 Å². The fourth-order valence-corrected chi connectivity index (χ4v) is 2.99. The number of benzene rings is 1. The standard InChI is InChI=1S/C17H21N3/c1-18-11-17-9-15-6-2-3-7-16(15)13-20(17)12-14-5-4-8-19-10-14/h2-8,10,17-18H,9,11-13H2,1H3. The third kappa shape index (κ3) is 2.89. The Kier molecular flexibility index (Phi) is 4.09. The van der Waals surface area contributed by atoms with Gasteiger partial charge in [0.05, 0.1) is 0 Å². The van der Waals surface area contributed by atoms with Crippen LogP contribution < -0.4 is 5.32 Å². The molecule has 0 fully saturated rings. The molecule has 3 nitrogen and oxygen atoms in total. The molecule has 1 N–H and O–H groups in total. The molecule has 0 radical (unpaired) electrons. The molecule has 3 rings (SSSR count). The number of aromatic nitrogens is 1. The number of hydrogen-bond acceptors (Lipinski definition) is 3. The van der Waals surface area contributed by atoms with Crippen molar-refractivity contribution in [1.82, 2.24) is 15.2 Å². The fraction of sp³-hybridized carbons (Fsp3) is 0.353. The van der Waals surface area contributed by atoms with E-state index in [9.17, 15) is 0 Å². The summed E-state index contributed by atoms with van der Waals surface area (Å²) in [5, 5.41) is 3.33. The zero-order valence-corrected chi connectivity index (χ0v) is 11.9. The van der Waals surface area contributed by atoms with E-state index < -0.39 is 0 Å². The van der Waals surface area contributed by atoms with Crippen LogP contribution in [0.15, 0.2) is 48.8 Å². The van der Waals surface area contributed by atoms with Crippen LogP contribution in [0, 0.1) is 0 Å². The smallest absolute Gasteiger partial charge is 0.0312 e. The van der Waals surface area contributed by atoms with E-state index in [4.69, 9.17) is 0 Å². The molecule has 1 aromatic heterocycles. The van der Waals surface area contributed by atoms with Crippen LogP contribution >= 0.6 is 0 Å². The fourth-order valence-electron chi connectivity index (χ4n) is 2.99. The third-order valence-electron chi connectivity index (χ3n) is 4.01. The van der Waals surface area contributed by atoms with Crippen LogP contribution in [-0.4, -0.2) is 29.5 Å². The molecule has 1 unspecified atom stereocenters. The first-order valence-corrected chi connectivity index (χ1v) is 7.21. The number of likely N-dealkylation sites (N-methyl/N-ethyl adjacent to an activating group) is 1. The van der Waals surface area contributed by atoms with Crippen molar-refractivity contribution in [3.8, 4) is 0 Å². The molecule has 0 saturated heterocycles. The third-order valence-corrected chi connectivity index (χ3v) is 4.01. The van der Waals surface area contributed by atoms with Gasteiger partial charge in [0.25, 0.3) is 0 Å². The lowest BCUT2D eigenvalue weighted by atomic mass is 9.93. The number of nitrogens with zero attached hydrogens (tertiary/aromatic N) is 2. The molecule has 0 amide bonds. The van der Waals surface area contributed by atoms with E-state index in [0.29, 0.717) is 6.04 Å². The van der Waals surface area contributed by atoms with Gasteiger partial charge in [0.15, 0.2) is 0 Å². The summed E-state index contributed by atoms with van der Waals surface area (Å²) in [5.41, 5.74) is 4.24. The van der Waals surface area contributed by atoms with Gasteiger partial charge in [-0.1, -0.05) is 30.3 Å². The monoisotopic (exact) mass is 267 g/mol. The van der Waals surface area contributed by atoms with Crippen LogP contribution in [0.3, 0.4) is 0 Å². The number of hydrogen-bond donors (Lipinski definition) is 1. The molecule has 0 spiro atoms. The molecule has 104 valence electrons. The van der Waals surface area contributed by atoms with Gasteiger partial charge in [0.2, 0.25) is 0 Å². The Morgan fingerprint density at radius 1 is 1.20 bits per heavy atom. The Morgan fingerprint density at radius 3 is 2.80 bits per heavy atom. The average Bonchev–Trinajstić information content (AvgIpc) is 2.49. The molecule has 0 bridgehead atoms. The summed E-state index contributed by atoms with van der Waals surface area (Å²) in [6.45, 7) is 3.01. The molecular formula is C17H21N3. The zero-order chi connectivity index (χ0) is 13.8. The lowest BCUT2D eigenvalue weighted by Crippen LogP contribution is -2.45. The lowest BCUT2D eigenvalue weighted by molar-refractivity contribution is 0.161. The predicted octanol–water partition coefficient (Wildman–Crippen LogP) is 2.23. The highest BCUT2D eigenvalue weighted by molar-refractivity contribution is 5.30. The lowest BCUT2D eigenvalue weighted by Gasteiger charge is -2.37. The Balaban J connectivity index is 1.81. The number of rotatable bonds is 4. The van der Waals surface area contributed by atoms with Gasteiger partial charge in [-0.2, -0.15) is 0 Å². The van der Waals surface area contributed by atoms with Crippen LogP contribution in [-0.2, 0) is 19.5 Å². The molecule has 0 aliphatic carbocycles. The molecule has 3 heteroatoms. The summed E-state index contributed by atoms with van der Waals surface area (Å²) < 4.78 is 0. The van der Waals surface area contributed by atoms with Crippen LogP contribution in [0.1, 0.15) is 16.7 Å². The Bertz CT molecular complexity index is 553. The minimum atomic E-state index is 0.551. The van der Waals surface area contributed by atoms with Gasteiger partial charge >= 0.3 is 0 Å². The normalized spacial score (nSPS) is 18.8. The van der Waals surface area contributed by atoms with E-state index in [1.807, 2.05) is 25.5 Å². The first-order chi connectivity index (χ1) is 9.86. The summed E-state index contributed by atoms with van der Waals surface area (Å²) in [5.74, 6) is 0. The van der Waals surface area contributed by atoms with E-state index in [1.165, 1.54) is 16.7 Å². The molecule has 1 atom stereocenters. The predicted molar refractivity (Wildman–Crippen MR) is 81.3 cm³/mol. The van der Waals surface area contributed by atoms with E-state index in [0.717, 1.165) is 26.1 Å². The van der Waals surface area contributed by atoms with Gasteiger partial charge < -0.3 is 5.32 Å². The van der Waals surface area contributed by atoms with Gasteiger partial charge in [0, 0.05) is 38.1 Å². The number of pyridine rings is 1. The largest absolute Gasteiger partial charge is 0.318 e. The molecule has 1 aromatic carbocycles. The van der Waals surface area contributed by atoms with Crippen molar-refractivity contribution >= 4 is 0 Å². The maximum absolute atomic E-state index is 4.22. The first-order valence-electron chi connectivity index (χ1n) is 7.21. The second-order valence-electron chi connectivity index (χ2n) is 5.45. The highest BCUT2D eigenvalue weighted by atomic mass is 15.2. The van der Waals surface area contributed by atoms with Crippen LogP contribution in [0.2, 0.25) is 0 Å². The molecule has 20 heavy (non-hydrogen) atoms. The van der Waals surface area contributed by atoms with Crippen molar-refractivity contribution in [3.63, 3.8) is 0 Å². The molecule has 0 saturated carbocycles. The van der Waals surface area contributed by atoms with Gasteiger partial charge in [-0.25, -0.2) is 0 Å². The van der Waals surface area contributed by atoms with E-state index in [1.54, 1.807) is 0 Å². The first kappa shape index (κ1) is 13.3. The molecule has 2 aromatic rings. The maximum Gasteiger partial charge on any atom is 0.0312 e. The van der Waals surface area contributed by atoms with Crippen molar-refractivity contribution in [3.05, 3.63) is 65.5 Å². The van der Waals surface area contributed by atoms with Crippen molar-refractivity contribution in [2.24, 2.45) is 0 Å². The quantitative estimate of drug-likeness (QED) is 0.920.